The van der Waals surface area contributed by atoms with E-state index < -0.39 is 42.2 Å². The van der Waals surface area contributed by atoms with E-state index in [9.17, 15) is 25.6 Å². The van der Waals surface area contributed by atoms with Crippen molar-refractivity contribution in [3.05, 3.63) is 36.4 Å². The van der Waals surface area contributed by atoms with Gasteiger partial charge in [0.25, 0.3) is 0 Å². The molecule has 4 rings (SSSR count). The molecule has 2 fully saturated rings. The van der Waals surface area contributed by atoms with Crippen molar-refractivity contribution in [2.24, 2.45) is 10.3 Å². The van der Waals surface area contributed by atoms with Crippen LogP contribution in [0.25, 0.3) is 0 Å². The molecule has 0 saturated carbocycles. The fourth-order valence-corrected chi connectivity index (χ4v) is 6.47. The van der Waals surface area contributed by atoms with E-state index in [1.165, 1.54) is 0 Å². The molecule has 42 heavy (non-hydrogen) atoms. The molecule has 2 aliphatic rings. The number of aromatic nitrogens is 4. The largest absolute Gasteiger partial charge is 0.374 e. The third kappa shape index (κ3) is 10.3. The van der Waals surface area contributed by atoms with Crippen LogP contribution in [0.15, 0.2) is 24.8 Å². The first-order valence-corrected chi connectivity index (χ1v) is 16.5. The first kappa shape index (κ1) is 33.9. The van der Waals surface area contributed by atoms with E-state index in [1.807, 2.05) is 27.7 Å². The Kier molecular flexibility index (Phi) is 11.5. The Labute approximate surface area is 244 Å². The van der Waals surface area contributed by atoms with Gasteiger partial charge in [0.15, 0.2) is 11.6 Å². The Morgan fingerprint density at radius 3 is 1.26 bits per heavy atom. The second-order valence-electron chi connectivity index (χ2n) is 10.7. The molecule has 0 unspecified atom stereocenters. The molecule has 0 aromatic carbocycles. The molecule has 18 heteroatoms. The Hall–Kier alpha value is -2.64. The summed E-state index contributed by atoms with van der Waals surface area (Å²) in [5.74, 6) is -0.563. The molecule has 4 atom stereocenters. The summed E-state index contributed by atoms with van der Waals surface area (Å²) in [4.78, 5) is 18.8. The lowest BCUT2D eigenvalue weighted by molar-refractivity contribution is 0.00121. The van der Waals surface area contributed by atoms with Gasteiger partial charge in [0.05, 0.1) is 59.7 Å². The van der Waals surface area contributed by atoms with Crippen LogP contribution in [0.3, 0.4) is 0 Å². The van der Waals surface area contributed by atoms with Crippen molar-refractivity contribution in [3.8, 4) is 0 Å². The van der Waals surface area contributed by atoms with Crippen LogP contribution >= 0.6 is 0 Å². The zero-order valence-electron chi connectivity index (χ0n) is 23.9. The highest BCUT2D eigenvalue weighted by Gasteiger charge is 2.36. The maximum atomic E-state index is 12.9. The number of rotatable bonds is 8. The van der Waals surface area contributed by atoms with Gasteiger partial charge in [-0.3, -0.25) is 0 Å². The van der Waals surface area contributed by atoms with Crippen LogP contribution in [-0.2, 0) is 29.5 Å². The second-order valence-corrected chi connectivity index (χ2v) is 14.4. The fraction of sp³-hybridized carbons (Fsp3) is 0.667. The molecular weight excluding hydrogens is 598 g/mol. The number of ether oxygens (including phenoxy) is 2. The Morgan fingerprint density at radius 1 is 0.690 bits per heavy atom. The predicted octanol–water partition coefficient (Wildman–Crippen LogP) is 0.553. The van der Waals surface area contributed by atoms with Crippen LogP contribution in [0, 0.1) is 11.6 Å². The molecule has 2 aliphatic heterocycles. The van der Waals surface area contributed by atoms with Crippen LogP contribution in [0.2, 0.25) is 0 Å². The molecule has 4 heterocycles. The summed E-state index contributed by atoms with van der Waals surface area (Å²) in [6, 6.07) is 0. The minimum atomic E-state index is -3.69. The normalized spacial score (nSPS) is 23.6. The molecule has 4 N–H and O–H groups in total. The highest BCUT2D eigenvalue weighted by molar-refractivity contribution is 7.90. The quantitative estimate of drug-likeness (QED) is 0.409. The molecule has 236 valence electrons. The summed E-state index contributed by atoms with van der Waals surface area (Å²) < 4.78 is 83.7. The molecule has 14 nitrogen and oxygen atoms in total. The molecule has 0 spiro atoms. The highest BCUT2D eigenvalue weighted by Crippen LogP contribution is 2.24. The van der Waals surface area contributed by atoms with E-state index in [0.717, 1.165) is 24.8 Å². The van der Waals surface area contributed by atoms with Gasteiger partial charge in [0.2, 0.25) is 31.9 Å². The average Bonchev–Trinajstić information content (AvgIpc) is 2.88. The molecule has 2 aromatic rings. The van der Waals surface area contributed by atoms with E-state index in [2.05, 4.69) is 19.9 Å². The van der Waals surface area contributed by atoms with Crippen molar-refractivity contribution in [2.45, 2.75) is 75.5 Å². The fourth-order valence-electron chi connectivity index (χ4n) is 4.72. The summed E-state index contributed by atoms with van der Waals surface area (Å²) in [5, 5.41) is 8.99. The summed E-state index contributed by atoms with van der Waals surface area (Å²) in [5.41, 5.74) is 0. The Balaban J connectivity index is 0.000000230. The number of nitrogens with zero attached hydrogens (tertiary/aromatic N) is 6. The Bertz CT molecular complexity index is 1260. The van der Waals surface area contributed by atoms with E-state index in [-0.39, 0.29) is 49.4 Å². The number of nitrogens with two attached hydrogens (primary N) is 2. The van der Waals surface area contributed by atoms with E-state index in [1.54, 1.807) is 9.80 Å². The first-order valence-electron chi connectivity index (χ1n) is 13.3. The molecule has 0 radical (unpaired) electrons. The van der Waals surface area contributed by atoms with E-state index in [0.29, 0.717) is 25.9 Å². The minimum absolute atomic E-state index is 0.0368. The van der Waals surface area contributed by atoms with Gasteiger partial charge in [0.1, 0.15) is 0 Å². The van der Waals surface area contributed by atoms with Gasteiger partial charge in [-0.1, -0.05) is 0 Å². The number of primary sulfonamides is 2. The molecule has 0 aliphatic carbocycles. The average molecular weight is 637 g/mol. The molecule has 0 amide bonds. The lowest BCUT2D eigenvalue weighted by Gasteiger charge is -2.37. The van der Waals surface area contributed by atoms with Crippen molar-refractivity contribution >= 4 is 31.9 Å². The monoisotopic (exact) mass is 636 g/mol. The van der Waals surface area contributed by atoms with Crippen molar-refractivity contribution in [3.63, 3.8) is 0 Å². The van der Waals surface area contributed by atoms with Crippen LogP contribution in [0.4, 0.5) is 20.7 Å². The summed E-state index contributed by atoms with van der Waals surface area (Å²) in [6.07, 6.45) is 4.16. The van der Waals surface area contributed by atoms with E-state index >= 15 is 0 Å². The predicted molar refractivity (Wildman–Crippen MR) is 151 cm³/mol. The summed E-state index contributed by atoms with van der Waals surface area (Å²) in [6.45, 7) is 8.72. The lowest BCUT2D eigenvalue weighted by atomic mass is 10.1. The van der Waals surface area contributed by atoms with Gasteiger partial charge in [-0.15, -0.1) is 0 Å². The summed E-state index contributed by atoms with van der Waals surface area (Å²) in [7, 11) is -7.39. The second kappa shape index (κ2) is 14.2. The number of hydrogen-bond donors (Lipinski definition) is 2. The smallest absolute Gasteiger partial charge is 0.225 e. The number of halogens is 2. The molecule has 2 saturated heterocycles. The van der Waals surface area contributed by atoms with Gasteiger partial charge < -0.3 is 19.3 Å². The number of sulfonamides is 2. The van der Waals surface area contributed by atoms with Crippen molar-refractivity contribution in [1.82, 2.24) is 19.9 Å². The van der Waals surface area contributed by atoms with Crippen molar-refractivity contribution < 1.29 is 35.1 Å². The van der Waals surface area contributed by atoms with Crippen molar-refractivity contribution in [1.29, 1.82) is 0 Å². The van der Waals surface area contributed by atoms with Gasteiger partial charge >= 0.3 is 0 Å². The zero-order chi connectivity index (χ0) is 31.2. The van der Waals surface area contributed by atoms with E-state index in [4.69, 9.17) is 19.8 Å². The van der Waals surface area contributed by atoms with Gasteiger partial charge in [-0.2, -0.15) is 0 Å². The number of piperidine rings is 2. The lowest BCUT2D eigenvalue weighted by Crippen LogP contribution is -2.52. The van der Waals surface area contributed by atoms with Crippen LogP contribution < -0.4 is 20.1 Å². The number of hydrogen-bond acceptors (Lipinski definition) is 12. The first-order chi connectivity index (χ1) is 19.5. The molecule has 0 bridgehead atoms. The third-order valence-electron chi connectivity index (χ3n) is 6.39. The highest BCUT2D eigenvalue weighted by atomic mass is 32.2. The SMILES string of the molecule is CC(C)O[C@@H]1C[C@H](S(N)(=O)=O)CN(c2ncc(F)cn2)C1.CC(C)O[C@H]1C[C@@H](S(N)(=O)=O)CN(c2ncc(F)cn2)C1. The Morgan fingerprint density at radius 2 is 1.00 bits per heavy atom. The minimum Gasteiger partial charge on any atom is -0.374 e. The third-order valence-corrected chi connectivity index (χ3v) is 8.93. The maximum Gasteiger partial charge on any atom is 0.225 e. The van der Waals surface area contributed by atoms with Crippen LogP contribution in [0.5, 0.6) is 0 Å². The molecule has 2 aromatic heterocycles. The van der Waals surface area contributed by atoms with Gasteiger partial charge in [-0.25, -0.2) is 55.8 Å². The number of anilines is 2. The van der Waals surface area contributed by atoms with Crippen molar-refractivity contribution in [2.75, 3.05) is 36.0 Å². The van der Waals surface area contributed by atoms with Gasteiger partial charge in [-0.05, 0) is 40.5 Å². The van der Waals surface area contributed by atoms with Crippen LogP contribution in [0.1, 0.15) is 40.5 Å². The topological polar surface area (TPSA) is 197 Å². The van der Waals surface area contributed by atoms with Gasteiger partial charge in [0, 0.05) is 26.2 Å². The standard InChI is InChI=1S/2C12H19FN4O3S/c2*1-8(2)20-10-3-11(21(14,18)19)7-17(6-10)12-15-4-9(13)5-16-12/h2*4-5,8,10-11H,3,6-7H2,1-2H3,(H2,14,18,19)/t2*10-,11+/m10/s1. The summed E-state index contributed by atoms with van der Waals surface area (Å²) >= 11 is 0. The zero-order valence-corrected chi connectivity index (χ0v) is 25.5. The maximum absolute atomic E-state index is 12.9. The van der Waals surface area contributed by atoms with Crippen LogP contribution in [-0.4, -0.2) is 97.9 Å². The molecular formula is C24H38F2N8O6S2.